The van der Waals surface area contributed by atoms with Crippen molar-refractivity contribution in [3.8, 4) is 0 Å². The molecule has 1 aromatic carbocycles. The molecule has 2 saturated heterocycles. The van der Waals surface area contributed by atoms with E-state index < -0.39 is 5.82 Å². The van der Waals surface area contributed by atoms with Crippen LogP contribution in [0.1, 0.15) is 28.8 Å². The number of halogens is 1. The van der Waals surface area contributed by atoms with Gasteiger partial charge in [0, 0.05) is 48.9 Å². The lowest BCUT2D eigenvalue weighted by molar-refractivity contribution is -0.130. The van der Waals surface area contributed by atoms with Crippen molar-refractivity contribution in [2.75, 3.05) is 25.4 Å². The predicted molar refractivity (Wildman–Crippen MR) is 76.2 cm³/mol. The molecule has 2 aliphatic rings. The number of hydrogen-bond acceptors (Lipinski definition) is 3. The summed E-state index contributed by atoms with van der Waals surface area (Å²) in [5.41, 5.74) is 6.64. The van der Waals surface area contributed by atoms with E-state index in [2.05, 4.69) is 0 Å². The number of fused-ring (bicyclic) bond motifs is 1. The Morgan fingerprint density at radius 2 is 2.14 bits per heavy atom. The number of carbonyl (C=O) groups excluding carboxylic acids is 2. The van der Waals surface area contributed by atoms with Crippen LogP contribution in [0.2, 0.25) is 0 Å². The summed E-state index contributed by atoms with van der Waals surface area (Å²) in [7, 11) is 0. The van der Waals surface area contributed by atoms with Gasteiger partial charge in [-0.3, -0.25) is 9.59 Å². The smallest absolute Gasteiger partial charge is 0.254 e. The number of rotatable bonds is 1. The van der Waals surface area contributed by atoms with E-state index in [1.165, 1.54) is 12.1 Å². The molecule has 0 saturated carbocycles. The van der Waals surface area contributed by atoms with Gasteiger partial charge in [-0.2, -0.15) is 0 Å². The van der Waals surface area contributed by atoms with Crippen molar-refractivity contribution in [3.63, 3.8) is 0 Å². The summed E-state index contributed by atoms with van der Waals surface area (Å²) in [4.78, 5) is 27.6. The molecular formula is C15H18FN3O2. The van der Waals surface area contributed by atoms with Crippen LogP contribution in [-0.4, -0.2) is 47.3 Å². The lowest BCUT2D eigenvalue weighted by Crippen LogP contribution is -2.53. The van der Waals surface area contributed by atoms with E-state index in [1.54, 1.807) is 11.8 Å². The van der Waals surface area contributed by atoms with E-state index >= 15 is 0 Å². The molecule has 0 spiro atoms. The largest absolute Gasteiger partial charge is 0.398 e. The monoisotopic (exact) mass is 291 g/mol. The number of nitrogens with zero attached hydrogens (tertiary/aromatic N) is 2. The van der Waals surface area contributed by atoms with Gasteiger partial charge in [-0.25, -0.2) is 4.39 Å². The molecular weight excluding hydrogens is 273 g/mol. The number of piperazine rings is 1. The Hall–Kier alpha value is -2.11. The predicted octanol–water partition coefficient (Wildman–Crippen LogP) is 1.16. The van der Waals surface area contributed by atoms with Crippen LogP contribution >= 0.6 is 0 Å². The summed E-state index contributed by atoms with van der Waals surface area (Å²) >= 11 is 0. The van der Waals surface area contributed by atoms with E-state index in [4.69, 9.17) is 5.73 Å². The number of carbonyl (C=O) groups is 2. The molecule has 2 fully saturated rings. The summed E-state index contributed by atoms with van der Waals surface area (Å²) in [6.07, 6.45) is 1.34. The average Bonchev–Trinajstić information content (AvgIpc) is 2.84. The van der Waals surface area contributed by atoms with Gasteiger partial charge in [-0.05, 0) is 25.5 Å². The van der Waals surface area contributed by atoms with Gasteiger partial charge in [0.25, 0.3) is 5.91 Å². The molecule has 2 heterocycles. The third-order valence-corrected chi connectivity index (χ3v) is 4.41. The highest BCUT2D eigenvalue weighted by atomic mass is 19.1. The van der Waals surface area contributed by atoms with Crippen LogP contribution in [0.4, 0.5) is 10.1 Å². The highest BCUT2D eigenvalue weighted by Gasteiger charge is 2.37. The van der Waals surface area contributed by atoms with Gasteiger partial charge in [0.2, 0.25) is 5.91 Å². The summed E-state index contributed by atoms with van der Waals surface area (Å²) in [6, 6.07) is 2.86. The molecule has 1 unspecified atom stereocenters. The highest BCUT2D eigenvalue weighted by Crippen LogP contribution is 2.25. The fraction of sp³-hybridized carbons (Fsp3) is 0.467. The van der Waals surface area contributed by atoms with Gasteiger partial charge >= 0.3 is 0 Å². The molecule has 0 bridgehead atoms. The minimum Gasteiger partial charge on any atom is -0.398 e. The zero-order valence-corrected chi connectivity index (χ0v) is 11.9. The van der Waals surface area contributed by atoms with Gasteiger partial charge in [0.1, 0.15) is 5.82 Å². The SMILES string of the molecule is Cc1c(N)cc(C(=O)N2CCN3C(=O)CCC3C2)cc1F. The second-order valence-corrected chi connectivity index (χ2v) is 5.70. The first kappa shape index (κ1) is 13.9. The third-order valence-electron chi connectivity index (χ3n) is 4.41. The molecule has 21 heavy (non-hydrogen) atoms. The molecule has 2 amide bonds. The van der Waals surface area contributed by atoms with Crippen LogP contribution in [0.25, 0.3) is 0 Å². The fourth-order valence-corrected chi connectivity index (χ4v) is 3.06. The third kappa shape index (κ3) is 2.34. The Kier molecular flexibility index (Phi) is 3.31. The van der Waals surface area contributed by atoms with E-state index in [0.717, 1.165) is 6.42 Å². The zero-order chi connectivity index (χ0) is 15.1. The van der Waals surface area contributed by atoms with Crippen LogP contribution in [0.3, 0.4) is 0 Å². The highest BCUT2D eigenvalue weighted by molar-refractivity contribution is 5.95. The second-order valence-electron chi connectivity index (χ2n) is 5.70. The minimum absolute atomic E-state index is 0.0999. The normalized spacial score (nSPS) is 21.6. The van der Waals surface area contributed by atoms with Gasteiger partial charge in [0.15, 0.2) is 0 Å². The number of benzene rings is 1. The van der Waals surface area contributed by atoms with Gasteiger partial charge < -0.3 is 15.5 Å². The van der Waals surface area contributed by atoms with Gasteiger partial charge in [0.05, 0.1) is 0 Å². The molecule has 2 aliphatic heterocycles. The Morgan fingerprint density at radius 3 is 2.86 bits per heavy atom. The Morgan fingerprint density at radius 1 is 1.38 bits per heavy atom. The number of nitrogen functional groups attached to an aromatic ring is 1. The van der Waals surface area contributed by atoms with Crippen molar-refractivity contribution in [1.82, 2.24) is 9.80 Å². The molecule has 0 aliphatic carbocycles. The molecule has 0 aromatic heterocycles. The maximum atomic E-state index is 13.7. The summed E-state index contributed by atoms with van der Waals surface area (Å²) < 4.78 is 13.7. The quantitative estimate of drug-likeness (QED) is 0.790. The molecule has 0 radical (unpaired) electrons. The van der Waals surface area contributed by atoms with E-state index in [0.29, 0.717) is 31.6 Å². The molecule has 5 nitrogen and oxygen atoms in total. The van der Waals surface area contributed by atoms with Crippen LogP contribution in [0, 0.1) is 12.7 Å². The first-order valence-electron chi connectivity index (χ1n) is 7.11. The maximum absolute atomic E-state index is 13.7. The second kappa shape index (κ2) is 5.02. The Labute approximate surface area is 122 Å². The molecule has 6 heteroatoms. The van der Waals surface area contributed by atoms with Crippen LogP contribution < -0.4 is 5.73 Å². The average molecular weight is 291 g/mol. The van der Waals surface area contributed by atoms with Crippen molar-refractivity contribution in [2.45, 2.75) is 25.8 Å². The van der Waals surface area contributed by atoms with Crippen molar-refractivity contribution < 1.29 is 14.0 Å². The first-order valence-corrected chi connectivity index (χ1v) is 7.11. The van der Waals surface area contributed by atoms with Crippen molar-refractivity contribution >= 4 is 17.5 Å². The molecule has 2 N–H and O–H groups in total. The molecule has 1 aromatic rings. The first-order chi connectivity index (χ1) is 9.97. The topological polar surface area (TPSA) is 66.6 Å². The molecule has 112 valence electrons. The van der Waals surface area contributed by atoms with Gasteiger partial charge in [-0.1, -0.05) is 0 Å². The fourth-order valence-electron chi connectivity index (χ4n) is 3.06. The summed E-state index contributed by atoms with van der Waals surface area (Å²) in [5.74, 6) is -0.523. The summed E-state index contributed by atoms with van der Waals surface area (Å²) in [6.45, 7) is 3.14. The van der Waals surface area contributed by atoms with E-state index in [1.807, 2.05) is 4.90 Å². The number of anilines is 1. The van der Waals surface area contributed by atoms with Crippen LogP contribution in [-0.2, 0) is 4.79 Å². The standard InChI is InChI=1S/C15H18FN3O2/c1-9-12(16)6-10(7-13(9)17)15(21)18-4-5-19-11(8-18)2-3-14(19)20/h6-7,11H,2-5,8,17H2,1H3. The minimum atomic E-state index is -0.465. The van der Waals surface area contributed by atoms with Crippen molar-refractivity contribution in [3.05, 3.63) is 29.1 Å². The number of nitrogens with two attached hydrogens (primary N) is 1. The maximum Gasteiger partial charge on any atom is 0.254 e. The Bertz CT molecular complexity index is 594. The van der Waals surface area contributed by atoms with Crippen molar-refractivity contribution in [2.24, 2.45) is 0 Å². The lowest BCUT2D eigenvalue weighted by atomic mass is 10.1. The molecule has 3 rings (SSSR count). The zero-order valence-electron chi connectivity index (χ0n) is 11.9. The van der Waals surface area contributed by atoms with E-state index in [-0.39, 0.29) is 29.1 Å². The number of amides is 2. The van der Waals surface area contributed by atoms with Crippen LogP contribution in [0.15, 0.2) is 12.1 Å². The van der Waals surface area contributed by atoms with Crippen molar-refractivity contribution in [1.29, 1.82) is 0 Å². The van der Waals surface area contributed by atoms with Gasteiger partial charge in [-0.15, -0.1) is 0 Å². The Balaban J connectivity index is 1.79. The van der Waals surface area contributed by atoms with Crippen LogP contribution in [0.5, 0.6) is 0 Å². The summed E-state index contributed by atoms with van der Waals surface area (Å²) in [5, 5.41) is 0. The lowest BCUT2D eigenvalue weighted by Gasteiger charge is -2.37. The molecule has 1 atom stereocenters. The van der Waals surface area contributed by atoms with E-state index in [9.17, 15) is 14.0 Å². The number of hydrogen-bond donors (Lipinski definition) is 1.